The van der Waals surface area contributed by atoms with Gasteiger partial charge < -0.3 is 14.4 Å². The minimum Gasteiger partial charge on any atom is -0.494 e. The van der Waals surface area contributed by atoms with Crippen molar-refractivity contribution in [3.63, 3.8) is 0 Å². The number of methoxy groups -OCH3 is 1. The third-order valence-electron chi connectivity index (χ3n) is 3.64. The van der Waals surface area contributed by atoms with Gasteiger partial charge >= 0.3 is 6.01 Å². The lowest BCUT2D eigenvalue weighted by molar-refractivity contribution is 0.155. The lowest BCUT2D eigenvalue weighted by Gasteiger charge is -2.32. The van der Waals surface area contributed by atoms with Crippen LogP contribution in [0.2, 0.25) is 5.02 Å². The number of hydrogen-bond donors (Lipinski definition) is 0. The number of halogens is 2. The molecule has 23 heavy (non-hydrogen) atoms. The molecule has 3 rings (SSSR count). The molecule has 0 radical (unpaired) electrons. The topological polar surface area (TPSA) is 60.4 Å². The zero-order valence-electron chi connectivity index (χ0n) is 12.6. The minimum absolute atomic E-state index is 0.00462. The van der Waals surface area contributed by atoms with Crippen molar-refractivity contribution in [2.75, 3.05) is 25.1 Å². The lowest BCUT2D eigenvalue weighted by Crippen LogP contribution is -2.39. The molecular weight excluding hydrogens is 323 g/mol. The quantitative estimate of drug-likeness (QED) is 0.854. The molecule has 0 N–H and O–H groups in total. The number of aromatic nitrogens is 3. The van der Waals surface area contributed by atoms with Gasteiger partial charge in [0.2, 0.25) is 0 Å². The second kappa shape index (κ2) is 6.95. The minimum atomic E-state index is -0.407. The van der Waals surface area contributed by atoms with Crippen LogP contribution in [-0.4, -0.2) is 41.3 Å². The normalized spacial score (nSPS) is 15.5. The predicted octanol–water partition coefficient (Wildman–Crippen LogP) is 2.72. The van der Waals surface area contributed by atoms with Crippen molar-refractivity contribution in [1.82, 2.24) is 15.0 Å². The van der Waals surface area contributed by atoms with Crippen LogP contribution in [-0.2, 0) is 0 Å². The standard InChI is InChI=1S/C15H16ClFN4O2/c1-22-12-8-19-15(20-9-12)23-11-2-4-21(5-3-11)14-13(17)6-10(16)7-18-14/h6-9,11H,2-5H2,1H3. The van der Waals surface area contributed by atoms with E-state index < -0.39 is 5.82 Å². The first-order valence-electron chi connectivity index (χ1n) is 7.24. The van der Waals surface area contributed by atoms with Crippen molar-refractivity contribution in [2.24, 2.45) is 0 Å². The monoisotopic (exact) mass is 338 g/mol. The molecule has 0 aliphatic carbocycles. The highest BCUT2D eigenvalue weighted by Crippen LogP contribution is 2.24. The fourth-order valence-electron chi connectivity index (χ4n) is 2.45. The molecule has 0 unspecified atom stereocenters. The Bertz CT molecular complexity index is 663. The van der Waals surface area contributed by atoms with Crippen molar-refractivity contribution in [3.05, 3.63) is 35.5 Å². The molecule has 0 amide bonds. The van der Waals surface area contributed by atoms with Gasteiger partial charge in [-0.15, -0.1) is 0 Å². The summed E-state index contributed by atoms with van der Waals surface area (Å²) in [6, 6.07) is 1.59. The van der Waals surface area contributed by atoms with Crippen molar-refractivity contribution in [3.8, 4) is 11.8 Å². The maximum atomic E-state index is 13.9. The summed E-state index contributed by atoms with van der Waals surface area (Å²) in [6.07, 6.45) is 6.04. The van der Waals surface area contributed by atoms with Gasteiger partial charge in [0.1, 0.15) is 6.10 Å². The number of anilines is 1. The van der Waals surface area contributed by atoms with Gasteiger partial charge in [-0.1, -0.05) is 11.6 Å². The van der Waals surface area contributed by atoms with E-state index in [-0.39, 0.29) is 6.10 Å². The van der Waals surface area contributed by atoms with Gasteiger partial charge in [0.05, 0.1) is 24.5 Å². The van der Waals surface area contributed by atoms with E-state index in [2.05, 4.69) is 15.0 Å². The van der Waals surface area contributed by atoms with Crippen LogP contribution >= 0.6 is 11.6 Å². The highest BCUT2D eigenvalue weighted by atomic mass is 35.5. The fraction of sp³-hybridized carbons (Fsp3) is 0.400. The van der Waals surface area contributed by atoms with Gasteiger partial charge in [-0.2, -0.15) is 9.97 Å². The lowest BCUT2D eigenvalue weighted by atomic mass is 10.1. The Kier molecular flexibility index (Phi) is 4.76. The van der Waals surface area contributed by atoms with Crippen LogP contribution in [0.4, 0.5) is 10.2 Å². The summed E-state index contributed by atoms with van der Waals surface area (Å²) in [5.74, 6) is 0.500. The highest BCUT2D eigenvalue weighted by Gasteiger charge is 2.24. The van der Waals surface area contributed by atoms with Crippen LogP contribution < -0.4 is 14.4 Å². The molecule has 6 nitrogen and oxygen atoms in total. The Labute approximate surface area is 138 Å². The van der Waals surface area contributed by atoms with Crippen LogP contribution in [0.1, 0.15) is 12.8 Å². The van der Waals surface area contributed by atoms with E-state index in [0.29, 0.717) is 35.7 Å². The number of hydrogen-bond acceptors (Lipinski definition) is 6. The summed E-state index contributed by atoms with van der Waals surface area (Å²) in [5, 5.41) is 0.293. The molecular formula is C15H16ClFN4O2. The van der Waals surface area contributed by atoms with E-state index >= 15 is 0 Å². The zero-order valence-corrected chi connectivity index (χ0v) is 13.3. The molecule has 0 saturated carbocycles. The summed E-state index contributed by atoms with van der Waals surface area (Å²) < 4.78 is 24.7. The number of pyridine rings is 1. The van der Waals surface area contributed by atoms with E-state index in [1.165, 1.54) is 12.3 Å². The largest absolute Gasteiger partial charge is 0.494 e. The van der Waals surface area contributed by atoms with E-state index in [4.69, 9.17) is 21.1 Å². The molecule has 8 heteroatoms. The molecule has 2 aromatic rings. The summed E-state index contributed by atoms with van der Waals surface area (Å²) >= 11 is 5.73. The maximum absolute atomic E-state index is 13.9. The van der Waals surface area contributed by atoms with E-state index in [0.717, 1.165) is 12.8 Å². The van der Waals surface area contributed by atoms with Gasteiger partial charge in [0.25, 0.3) is 0 Å². The van der Waals surface area contributed by atoms with Crippen molar-refractivity contribution < 1.29 is 13.9 Å². The predicted molar refractivity (Wildman–Crippen MR) is 83.7 cm³/mol. The fourth-order valence-corrected chi connectivity index (χ4v) is 2.59. The number of piperidine rings is 1. The number of ether oxygens (including phenoxy) is 2. The van der Waals surface area contributed by atoms with Crippen molar-refractivity contribution >= 4 is 17.4 Å². The Morgan fingerprint density at radius 3 is 2.48 bits per heavy atom. The first-order valence-corrected chi connectivity index (χ1v) is 7.62. The second-order valence-corrected chi connectivity index (χ2v) is 5.61. The first kappa shape index (κ1) is 15.7. The van der Waals surface area contributed by atoms with Crippen LogP contribution in [0.15, 0.2) is 24.7 Å². The Hall–Kier alpha value is -2.15. The smallest absolute Gasteiger partial charge is 0.316 e. The Morgan fingerprint density at radius 1 is 1.17 bits per heavy atom. The summed E-state index contributed by atoms with van der Waals surface area (Å²) in [7, 11) is 1.55. The Balaban J connectivity index is 1.57. The van der Waals surface area contributed by atoms with Gasteiger partial charge in [0, 0.05) is 32.1 Å². The Morgan fingerprint density at radius 2 is 1.87 bits per heavy atom. The van der Waals surface area contributed by atoms with Crippen LogP contribution in [0.3, 0.4) is 0 Å². The third kappa shape index (κ3) is 3.79. The van der Waals surface area contributed by atoms with Crippen LogP contribution in [0.5, 0.6) is 11.8 Å². The first-order chi connectivity index (χ1) is 11.2. The number of rotatable bonds is 4. The molecule has 3 heterocycles. The van der Waals surface area contributed by atoms with Gasteiger partial charge in [0.15, 0.2) is 17.4 Å². The zero-order chi connectivity index (χ0) is 16.2. The van der Waals surface area contributed by atoms with Crippen molar-refractivity contribution in [2.45, 2.75) is 18.9 Å². The van der Waals surface area contributed by atoms with Gasteiger partial charge in [-0.25, -0.2) is 9.37 Å². The highest BCUT2D eigenvalue weighted by molar-refractivity contribution is 6.30. The average molecular weight is 339 g/mol. The maximum Gasteiger partial charge on any atom is 0.316 e. The molecule has 0 aromatic carbocycles. The summed E-state index contributed by atoms with van der Waals surface area (Å²) in [4.78, 5) is 14.1. The molecule has 0 spiro atoms. The summed E-state index contributed by atoms with van der Waals surface area (Å²) in [6.45, 7) is 1.29. The molecule has 1 aliphatic rings. The molecule has 1 saturated heterocycles. The molecule has 122 valence electrons. The molecule has 0 atom stereocenters. The third-order valence-corrected chi connectivity index (χ3v) is 3.85. The SMILES string of the molecule is COc1cnc(OC2CCN(c3ncc(Cl)cc3F)CC2)nc1. The number of nitrogens with zero attached hydrogens (tertiary/aromatic N) is 4. The molecule has 1 aliphatic heterocycles. The van der Waals surface area contributed by atoms with E-state index in [9.17, 15) is 4.39 Å². The van der Waals surface area contributed by atoms with E-state index in [1.807, 2.05) is 4.90 Å². The second-order valence-electron chi connectivity index (χ2n) is 5.17. The molecule has 1 fully saturated rings. The van der Waals surface area contributed by atoms with Crippen LogP contribution in [0, 0.1) is 5.82 Å². The molecule has 2 aromatic heterocycles. The van der Waals surface area contributed by atoms with Crippen LogP contribution in [0.25, 0.3) is 0 Å². The van der Waals surface area contributed by atoms with Gasteiger partial charge in [-0.05, 0) is 6.07 Å². The van der Waals surface area contributed by atoms with E-state index in [1.54, 1.807) is 19.5 Å². The average Bonchev–Trinajstić information content (AvgIpc) is 2.57. The van der Waals surface area contributed by atoms with Gasteiger partial charge in [-0.3, -0.25) is 0 Å². The molecule has 0 bridgehead atoms. The van der Waals surface area contributed by atoms with Crippen molar-refractivity contribution in [1.29, 1.82) is 0 Å². The summed E-state index contributed by atoms with van der Waals surface area (Å²) in [5.41, 5.74) is 0.